The standard InChI is InChI=1S/C42H28FN3/c43-29-13-11-18-32(27-29)45-38-22-9-7-19-34(38)36-26-25-33(28-41(36)45)44(30-14-3-1-4-15-30)40-24-12-21-37-35-20-8-10-23-39(35)46(42(37)40)31-16-5-2-6-17-31/h1-28H. The highest BCUT2D eigenvalue weighted by Gasteiger charge is 2.22. The predicted octanol–water partition coefficient (Wildman–Crippen LogP) is 11.5. The van der Waals surface area contributed by atoms with Gasteiger partial charge >= 0.3 is 0 Å². The summed E-state index contributed by atoms with van der Waals surface area (Å²) in [6, 6.07) is 58.1. The van der Waals surface area contributed by atoms with Crippen molar-refractivity contribution in [3.63, 3.8) is 0 Å². The molecule has 3 nitrogen and oxygen atoms in total. The average Bonchev–Trinajstić information content (AvgIpc) is 3.63. The minimum atomic E-state index is -0.258. The van der Waals surface area contributed by atoms with Gasteiger partial charge in [-0.25, -0.2) is 4.39 Å². The van der Waals surface area contributed by atoms with Gasteiger partial charge in [0.1, 0.15) is 5.82 Å². The fraction of sp³-hybridized carbons (Fsp3) is 0. The van der Waals surface area contributed by atoms with Crippen LogP contribution in [0.2, 0.25) is 0 Å². The Morgan fingerprint density at radius 2 is 0.978 bits per heavy atom. The van der Waals surface area contributed by atoms with E-state index in [0.717, 1.165) is 61.3 Å². The molecule has 0 radical (unpaired) electrons. The van der Waals surface area contributed by atoms with Crippen LogP contribution in [0.5, 0.6) is 0 Å². The van der Waals surface area contributed by atoms with E-state index in [9.17, 15) is 4.39 Å². The van der Waals surface area contributed by atoms with Crippen LogP contribution in [0.15, 0.2) is 170 Å². The summed E-state index contributed by atoms with van der Waals surface area (Å²) in [5.74, 6) is -0.258. The van der Waals surface area contributed by atoms with Crippen LogP contribution >= 0.6 is 0 Å². The number of halogens is 1. The Kier molecular flexibility index (Phi) is 6.00. The van der Waals surface area contributed by atoms with E-state index in [-0.39, 0.29) is 5.82 Å². The highest BCUT2D eigenvalue weighted by Crippen LogP contribution is 2.44. The third kappa shape index (κ3) is 4.04. The summed E-state index contributed by atoms with van der Waals surface area (Å²) in [5, 5.41) is 4.64. The van der Waals surface area contributed by atoms with Crippen molar-refractivity contribution in [1.29, 1.82) is 0 Å². The van der Waals surface area contributed by atoms with E-state index < -0.39 is 0 Å². The number of nitrogens with zero attached hydrogens (tertiary/aromatic N) is 3. The summed E-state index contributed by atoms with van der Waals surface area (Å²) >= 11 is 0. The summed E-state index contributed by atoms with van der Waals surface area (Å²) in [7, 11) is 0. The molecule has 9 aromatic rings. The summed E-state index contributed by atoms with van der Waals surface area (Å²) in [4.78, 5) is 2.34. The smallest absolute Gasteiger partial charge is 0.125 e. The van der Waals surface area contributed by atoms with Crippen molar-refractivity contribution < 1.29 is 4.39 Å². The van der Waals surface area contributed by atoms with E-state index in [1.165, 1.54) is 16.8 Å². The van der Waals surface area contributed by atoms with Crippen LogP contribution in [0, 0.1) is 5.82 Å². The van der Waals surface area contributed by atoms with E-state index in [1.807, 2.05) is 18.2 Å². The summed E-state index contributed by atoms with van der Waals surface area (Å²) in [6.07, 6.45) is 0. The van der Waals surface area contributed by atoms with E-state index in [0.29, 0.717) is 0 Å². The molecule has 0 unspecified atom stereocenters. The molecule has 0 saturated heterocycles. The van der Waals surface area contributed by atoms with Crippen molar-refractivity contribution in [3.05, 3.63) is 176 Å². The fourth-order valence-corrected chi connectivity index (χ4v) is 7.02. The lowest BCUT2D eigenvalue weighted by atomic mass is 10.1. The van der Waals surface area contributed by atoms with E-state index >= 15 is 0 Å². The second kappa shape index (κ2) is 10.5. The third-order valence-electron chi connectivity index (χ3n) is 8.93. The van der Waals surface area contributed by atoms with Gasteiger partial charge in [0.15, 0.2) is 0 Å². The maximum absolute atomic E-state index is 14.6. The van der Waals surface area contributed by atoms with Gasteiger partial charge in [-0.1, -0.05) is 97.1 Å². The first kappa shape index (κ1) is 26.3. The topological polar surface area (TPSA) is 13.1 Å². The minimum Gasteiger partial charge on any atom is -0.309 e. The molecule has 4 heteroatoms. The average molecular weight is 594 g/mol. The van der Waals surface area contributed by atoms with Crippen molar-refractivity contribution in [2.75, 3.05) is 4.90 Å². The number of fused-ring (bicyclic) bond motifs is 6. The summed E-state index contributed by atoms with van der Waals surface area (Å²) in [6.45, 7) is 0. The second-order valence-corrected chi connectivity index (χ2v) is 11.6. The molecule has 0 aliphatic rings. The number of anilines is 3. The van der Waals surface area contributed by atoms with Gasteiger partial charge in [-0.15, -0.1) is 0 Å². The SMILES string of the molecule is Fc1cccc(-n2c3ccccc3c3ccc(N(c4ccccc4)c4cccc5c6ccccc6n(-c6ccccc6)c45)cc32)c1. The maximum atomic E-state index is 14.6. The quantitative estimate of drug-likeness (QED) is 0.193. The van der Waals surface area contributed by atoms with Gasteiger partial charge in [-0.05, 0) is 72.8 Å². The molecular formula is C42H28FN3. The molecule has 0 aliphatic carbocycles. The highest BCUT2D eigenvalue weighted by molar-refractivity contribution is 6.15. The van der Waals surface area contributed by atoms with Crippen molar-refractivity contribution in [2.24, 2.45) is 0 Å². The van der Waals surface area contributed by atoms with Crippen LogP contribution < -0.4 is 4.90 Å². The normalized spacial score (nSPS) is 11.6. The molecule has 7 aromatic carbocycles. The summed E-state index contributed by atoms with van der Waals surface area (Å²) in [5.41, 5.74) is 9.37. The monoisotopic (exact) mass is 593 g/mol. The molecule has 0 saturated carbocycles. The van der Waals surface area contributed by atoms with Crippen LogP contribution in [0.3, 0.4) is 0 Å². The molecule has 0 amide bonds. The first-order valence-corrected chi connectivity index (χ1v) is 15.5. The van der Waals surface area contributed by atoms with E-state index in [4.69, 9.17) is 0 Å². The van der Waals surface area contributed by atoms with Gasteiger partial charge in [0.05, 0.1) is 27.8 Å². The molecule has 0 spiro atoms. The molecule has 0 N–H and O–H groups in total. The number of hydrogen-bond acceptors (Lipinski definition) is 1. The second-order valence-electron chi connectivity index (χ2n) is 11.6. The van der Waals surface area contributed by atoms with Gasteiger partial charge in [0, 0.05) is 44.3 Å². The molecular weight excluding hydrogens is 565 g/mol. The van der Waals surface area contributed by atoms with Crippen LogP contribution in [0.4, 0.5) is 21.5 Å². The number of aromatic nitrogens is 2. The summed E-state index contributed by atoms with van der Waals surface area (Å²) < 4.78 is 19.1. The largest absolute Gasteiger partial charge is 0.309 e. The van der Waals surface area contributed by atoms with Crippen LogP contribution in [0.1, 0.15) is 0 Å². The first-order chi connectivity index (χ1) is 22.8. The maximum Gasteiger partial charge on any atom is 0.125 e. The van der Waals surface area contributed by atoms with Gasteiger partial charge in [0.25, 0.3) is 0 Å². The Bertz CT molecular complexity index is 2540. The zero-order valence-electron chi connectivity index (χ0n) is 24.9. The molecule has 9 rings (SSSR count). The van der Waals surface area contributed by atoms with Crippen LogP contribution in [-0.4, -0.2) is 9.13 Å². The minimum absolute atomic E-state index is 0.258. The van der Waals surface area contributed by atoms with Crippen LogP contribution in [-0.2, 0) is 0 Å². The Balaban J connectivity index is 1.38. The third-order valence-corrected chi connectivity index (χ3v) is 8.93. The van der Waals surface area contributed by atoms with E-state index in [1.54, 1.807) is 12.1 Å². The van der Waals surface area contributed by atoms with Gasteiger partial charge in [0.2, 0.25) is 0 Å². The molecule has 0 fully saturated rings. The van der Waals surface area contributed by atoms with Gasteiger partial charge in [-0.2, -0.15) is 0 Å². The molecule has 46 heavy (non-hydrogen) atoms. The lowest BCUT2D eigenvalue weighted by Crippen LogP contribution is -2.11. The number of rotatable bonds is 5. The molecule has 218 valence electrons. The number of benzene rings is 7. The zero-order chi connectivity index (χ0) is 30.6. The van der Waals surface area contributed by atoms with Crippen LogP contribution in [0.25, 0.3) is 55.0 Å². The molecule has 2 heterocycles. The van der Waals surface area contributed by atoms with Crippen molar-refractivity contribution in [2.45, 2.75) is 0 Å². The molecule has 2 aromatic heterocycles. The number of hydrogen-bond donors (Lipinski definition) is 0. The fourth-order valence-electron chi connectivity index (χ4n) is 7.02. The lowest BCUT2D eigenvalue weighted by molar-refractivity contribution is 0.627. The number of para-hydroxylation sites is 5. The highest BCUT2D eigenvalue weighted by atomic mass is 19.1. The van der Waals surface area contributed by atoms with E-state index in [2.05, 4.69) is 147 Å². The van der Waals surface area contributed by atoms with Crippen molar-refractivity contribution >= 4 is 60.7 Å². The first-order valence-electron chi connectivity index (χ1n) is 15.5. The van der Waals surface area contributed by atoms with Crippen molar-refractivity contribution in [3.8, 4) is 11.4 Å². The Hall–Kier alpha value is -6.13. The Morgan fingerprint density at radius 1 is 0.391 bits per heavy atom. The van der Waals surface area contributed by atoms with Crippen molar-refractivity contribution in [1.82, 2.24) is 9.13 Å². The zero-order valence-corrected chi connectivity index (χ0v) is 24.9. The molecule has 0 aliphatic heterocycles. The predicted molar refractivity (Wildman–Crippen MR) is 190 cm³/mol. The Morgan fingerprint density at radius 3 is 1.74 bits per heavy atom. The molecule has 0 bridgehead atoms. The lowest BCUT2D eigenvalue weighted by Gasteiger charge is -2.27. The Labute approximate surface area is 265 Å². The van der Waals surface area contributed by atoms with Gasteiger partial charge in [-0.3, -0.25) is 0 Å². The van der Waals surface area contributed by atoms with Gasteiger partial charge < -0.3 is 14.0 Å². The molecule has 0 atom stereocenters.